The fourth-order valence-electron chi connectivity index (χ4n) is 4.28. The Labute approximate surface area is 184 Å². The van der Waals surface area contributed by atoms with Crippen LogP contribution in [0.3, 0.4) is 0 Å². The SMILES string of the molecule is CC1CCCN([C@H]2CN(S(=O)(=O)c3cn(C)cn3)C[C@@H]2Oc2cc(C(F)(F)F)ncn2)C1. The van der Waals surface area contributed by atoms with Gasteiger partial charge < -0.3 is 9.30 Å². The van der Waals surface area contributed by atoms with Crippen molar-refractivity contribution in [2.75, 3.05) is 26.2 Å². The minimum atomic E-state index is -4.63. The van der Waals surface area contributed by atoms with Crippen LogP contribution in [0.25, 0.3) is 0 Å². The minimum Gasteiger partial charge on any atom is -0.471 e. The van der Waals surface area contributed by atoms with Gasteiger partial charge in [0.1, 0.15) is 12.4 Å². The topological polar surface area (TPSA) is 93.5 Å². The summed E-state index contributed by atoms with van der Waals surface area (Å²) in [4.78, 5) is 13.2. The van der Waals surface area contributed by atoms with E-state index in [0.29, 0.717) is 5.92 Å². The number of aromatic nitrogens is 4. The third-order valence-corrected chi connectivity index (χ3v) is 7.57. The standard InChI is InChI=1S/C19H25F3N6O3S/c1-13-4-3-5-27(7-13)14-8-28(32(29,30)18-10-26(2)12-25-18)9-15(14)31-17-6-16(19(20,21)22)23-11-24-17/h6,10-15H,3-5,7-9H2,1-2H3/t13?,14-,15-/m0/s1. The van der Waals surface area contributed by atoms with Crippen molar-refractivity contribution in [1.82, 2.24) is 28.7 Å². The van der Waals surface area contributed by atoms with E-state index < -0.39 is 28.0 Å². The van der Waals surface area contributed by atoms with Crippen LogP contribution in [-0.4, -0.2) is 75.5 Å². The highest BCUT2D eigenvalue weighted by atomic mass is 32.2. The second-order valence-electron chi connectivity index (χ2n) is 8.40. The molecule has 9 nitrogen and oxygen atoms in total. The predicted octanol–water partition coefficient (Wildman–Crippen LogP) is 1.78. The molecule has 0 saturated carbocycles. The van der Waals surface area contributed by atoms with Gasteiger partial charge in [-0.15, -0.1) is 0 Å². The van der Waals surface area contributed by atoms with Crippen LogP contribution in [0.2, 0.25) is 0 Å². The van der Waals surface area contributed by atoms with Crippen LogP contribution < -0.4 is 4.74 Å². The van der Waals surface area contributed by atoms with E-state index in [2.05, 4.69) is 26.8 Å². The lowest BCUT2D eigenvalue weighted by atomic mass is 9.98. The van der Waals surface area contributed by atoms with Gasteiger partial charge in [0.05, 0.1) is 18.9 Å². The quantitative estimate of drug-likeness (QED) is 0.652. The summed E-state index contributed by atoms with van der Waals surface area (Å²) >= 11 is 0. The third-order valence-electron chi connectivity index (χ3n) is 5.85. The molecule has 176 valence electrons. The second kappa shape index (κ2) is 8.60. The molecule has 2 saturated heterocycles. The lowest BCUT2D eigenvalue weighted by Crippen LogP contribution is -2.49. The molecule has 1 unspecified atom stereocenters. The van der Waals surface area contributed by atoms with Gasteiger partial charge in [-0.05, 0) is 25.3 Å². The Bertz CT molecular complexity index is 1060. The summed E-state index contributed by atoms with van der Waals surface area (Å²) in [6, 6.07) is 0.423. The average molecular weight is 475 g/mol. The molecule has 0 amide bonds. The van der Waals surface area contributed by atoms with Crippen molar-refractivity contribution in [3.8, 4) is 5.88 Å². The molecular formula is C19H25F3N6O3S. The summed E-state index contributed by atoms with van der Waals surface area (Å²) in [7, 11) is -2.20. The first-order valence-electron chi connectivity index (χ1n) is 10.3. The number of nitrogens with zero attached hydrogens (tertiary/aromatic N) is 6. The number of imidazole rings is 1. The fourth-order valence-corrected chi connectivity index (χ4v) is 5.72. The molecule has 32 heavy (non-hydrogen) atoms. The highest BCUT2D eigenvalue weighted by molar-refractivity contribution is 7.89. The van der Waals surface area contributed by atoms with Crippen molar-refractivity contribution < 1.29 is 26.3 Å². The molecule has 0 bridgehead atoms. The van der Waals surface area contributed by atoms with Crippen molar-refractivity contribution in [3.05, 3.63) is 30.6 Å². The van der Waals surface area contributed by atoms with Crippen LogP contribution in [0.4, 0.5) is 13.2 Å². The number of likely N-dealkylation sites (tertiary alicyclic amines) is 1. The summed E-state index contributed by atoms with van der Waals surface area (Å²) in [6.45, 7) is 3.80. The molecule has 2 aromatic rings. The summed E-state index contributed by atoms with van der Waals surface area (Å²) in [5, 5.41) is -0.0761. The van der Waals surface area contributed by atoms with Gasteiger partial charge >= 0.3 is 6.18 Å². The maximum absolute atomic E-state index is 13.1. The monoisotopic (exact) mass is 474 g/mol. The van der Waals surface area contributed by atoms with Gasteiger partial charge in [-0.3, -0.25) is 4.90 Å². The van der Waals surface area contributed by atoms with E-state index in [0.717, 1.165) is 38.3 Å². The van der Waals surface area contributed by atoms with Crippen molar-refractivity contribution >= 4 is 10.0 Å². The number of alkyl halides is 3. The molecule has 4 rings (SSSR count). The van der Waals surface area contributed by atoms with Gasteiger partial charge in [0.15, 0.2) is 10.7 Å². The van der Waals surface area contributed by atoms with Crippen LogP contribution in [0.15, 0.2) is 29.9 Å². The first-order valence-corrected chi connectivity index (χ1v) is 11.8. The van der Waals surface area contributed by atoms with E-state index >= 15 is 0 Å². The molecule has 0 spiro atoms. The van der Waals surface area contributed by atoms with Crippen molar-refractivity contribution in [1.29, 1.82) is 0 Å². The van der Waals surface area contributed by atoms with Crippen molar-refractivity contribution in [2.45, 2.75) is 43.1 Å². The predicted molar refractivity (Wildman–Crippen MR) is 107 cm³/mol. The number of halogens is 3. The summed E-state index contributed by atoms with van der Waals surface area (Å²) in [5.74, 6) is 0.200. The van der Waals surface area contributed by atoms with E-state index in [9.17, 15) is 21.6 Å². The van der Waals surface area contributed by atoms with Gasteiger partial charge in [0.2, 0.25) is 5.88 Å². The molecule has 0 aromatic carbocycles. The van der Waals surface area contributed by atoms with Gasteiger partial charge in [-0.25, -0.2) is 23.4 Å². The highest BCUT2D eigenvalue weighted by Gasteiger charge is 2.45. The second-order valence-corrected chi connectivity index (χ2v) is 10.3. The van der Waals surface area contributed by atoms with Gasteiger partial charge in [0.25, 0.3) is 10.0 Å². The van der Waals surface area contributed by atoms with E-state index in [1.165, 1.54) is 16.8 Å². The van der Waals surface area contributed by atoms with Gasteiger partial charge in [0, 0.05) is 32.4 Å². The minimum absolute atomic E-state index is 0.0141. The first-order chi connectivity index (χ1) is 15.0. The van der Waals surface area contributed by atoms with Crippen LogP contribution in [0.1, 0.15) is 25.5 Å². The Kier molecular flexibility index (Phi) is 6.16. The average Bonchev–Trinajstić information content (AvgIpc) is 3.35. The Morgan fingerprint density at radius 2 is 1.94 bits per heavy atom. The molecule has 0 N–H and O–H groups in total. The molecule has 2 aliphatic rings. The third kappa shape index (κ3) is 4.74. The molecule has 0 radical (unpaired) electrons. The molecule has 2 aromatic heterocycles. The summed E-state index contributed by atoms with van der Waals surface area (Å²) < 4.78 is 74.1. The number of hydrogen-bond acceptors (Lipinski definition) is 7. The number of piperidine rings is 1. The maximum atomic E-state index is 13.1. The largest absolute Gasteiger partial charge is 0.471 e. The van der Waals surface area contributed by atoms with Crippen LogP contribution >= 0.6 is 0 Å². The van der Waals surface area contributed by atoms with Crippen LogP contribution in [0.5, 0.6) is 5.88 Å². The molecule has 3 atom stereocenters. The number of hydrogen-bond donors (Lipinski definition) is 0. The van der Waals surface area contributed by atoms with Crippen molar-refractivity contribution in [3.63, 3.8) is 0 Å². The normalized spacial score (nSPS) is 25.8. The van der Waals surface area contributed by atoms with Crippen LogP contribution in [-0.2, 0) is 23.2 Å². The Balaban J connectivity index is 1.61. The molecule has 4 heterocycles. The first kappa shape index (κ1) is 22.9. The fraction of sp³-hybridized carbons (Fsp3) is 0.632. The van der Waals surface area contributed by atoms with Gasteiger partial charge in [-0.1, -0.05) is 6.92 Å². The molecule has 0 aliphatic carbocycles. The highest BCUT2D eigenvalue weighted by Crippen LogP contribution is 2.31. The van der Waals surface area contributed by atoms with Gasteiger partial charge in [-0.2, -0.15) is 17.5 Å². The van der Waals surface area contributed by atoms with E-state index in [-0.39, 0.29) is 30.0 Å². The summed E-state index contributed by atoms with van der Waals surface area (Å²) in [6.07, 6.45) is 0.339. The number of rotatable bonds is 5. The summed E-state index contributed by atoms with van der Waals surface area (Å²) in [5.41, 5.74) is -1.11. The Hall–Kier alpha value is -2.25. The molecule has 13 heteroatoms. The molecular weight excluding hydrogens is 449 g/mol. The Morgan fingerprint density at radius 1 is 1.16 bits per heavy atom. The lowest BCUT2D eigenvalue weighted by molar-refractivity contribution is -0.141. The van der Waals surface area contributed by atoms with Crippen molar-refractivity contribution in [2.24, 2.45) is 13.0 Å². The smallest absolute Gasteiger partial charge is 0.433 e. The van der Waals surface area contributed by atoms with E-state index in [1.54, 1.807) is 11.6 Å². The molecule has 2 fully saturated rings. The van der Waals surface area contributed by atoms with E-state index in [4.69, 9.17) is 4.74 Å². The number of ether oxygens (including phenoxy) is 1. The van der Waals surface area contributed by atoms with E-state index in [1.807, 2.05) is 0 Å². The lowest BCUT2D eigenvalue weighted by Gasteiger charge is -2.37. The van der Waals surface area contributed by atoms with Crippen LogP contribution in [0, 0.1) is 5.92 Å². The maximum Gasteiger partial charge on any atom is 0.433 e. The zero-order valence-electron chi connectivity index (χ0n) is 17.7. The zero-order valence-corrected chi connectivity index (χ0v) is 18.6. The zero-order chi connectivity index (χ0) is 23.1. The number of aryl methyl sites for hydroxylation is 1. The Morgan fingerprint density at radius 3 is 2.59 bits per heavy atom. The molecule has 2 aliphatic heterocycles. The number of sulfonamides is 1.